The third kappa shape index (κ3) is 3.66. The fourth-order valence-corrected chi connectivity index (χ4v) is 1.53. The molecule has 0 atom stereocenters. The number of ether oxygens (including phenoxy) is 1. The molecule has 19 heavy (non-hydrogen) atoms. The van der Waals surface area contributed by atoms with E-state index in [0.29, 0.717) is 10.8 Å². The van der Waals surface area contributed by atoms with E-state index in [9.17, 15) is 4.79 Å². The monoisotopic (exact) mass is 277 g/mol. The van der Waals surface area contributed by atoms with E-state index < -0.39 is 5.97 Å². The Morgan fingerprint density at radius 3 is 2.74 bits per heavy atom. The van der Waals surface area contributed by atoms with Crippen molar-refractivity contribution < 1.29 is 9.53 Å². The SMILES string of the molecule is CCOC(=O)c1nccc(Nc2ccc(Cl)cc2)n1. The number of carbonyl (C=O) groups excluding carboxylic acids is 1. The van der Waals surface area contributed by atoms with E-state index >= 15 is 0 Å². The van der Waals surface area contributed by atoms with Crippen LogP contribution in [-0.2, 0) is 4.74 Å². The van der Waals surface area contributed by atoms with Crippen molar-refractivity contribution in [2.75, 3.05) is 11.9 Å². The second-order valence-electron chi connectivity index (χ2n) is 3.62. The molecule has 0 radical (unpaired) electrons. The number of benzene rings is 1. The van der Waals surface area contributed by atoms with Crippen molar-refractivity contribution >= 4 is 29.1 Å². The van der Waals surface area contributed by atoms with Gasteiger partial charge in [0.1, 0.15) is 5.82 Å². The summed E-state index contributed by atoms with van der Waals surface area (Å²) in [6.07, 6.45) is 1.50. The fourth-order valence-electron chi connectivity index (χ4n) is 1.40. The van der Waals surface area contributed by atoms with Crippen LogP contribution in [0.5, 0.6) is 0 Å². The maximum absolute atomic E-state index is 11.5. The lowest BCUT2D eigenvalue weighted by Crippen LogP contribution is -2.10. The van der Waals surface area contributed by atoms with Crippen molar-refractivity contribution in [3.05, 3.63) is 47.4 Å². The maximum Gasteiger partial charge on any atom is 0.376 e. The third-order valence-corrected chi connectivity index (χ3v) is 2.48. The predicted octanol–water partition coefficient (Wildman–Crippen LogP) is 3.05. The zero-order chi connectivity index (χ0) is 13.7. The topological polar surface area (TPSA) is 64.1 Å². The standard InChI is InChI=1S/C13H12ClN3O2/c1-2-19-13(18)12-15-8-7-11(17-12)16-10-5-3-9(14)4-6-10/h3-8H,2H2,1H3,(H,15,16,17). The molecule has 1 heterocycles. The first-order chi connectivity index (χ1) is 9.19. The molecule has 0 saturated heterocycles. The number of anilines is 2. The van der Waals surface area contributed by atoms with E-state index in [1.54, 1.807) is 25.1 Å². The lowest BCUT2D eigenvalue weighted by molar-refractivity contribution is 0.0512. The highest BCUT2D eigenvalue weighted by Gasteiger charge is 2.10. The van der Waals surface area contributed by atoms with Gasteiger partial charge >= 0.3 is 5.97 Å². The van der Waals surface area contributed by atoms with Gasteiger partial charge in [0.05, 0.1) is 6.61 Å². The summed E-state index contributed by atoms with van der Waals surface area (Å²) in [6.45, 7) is 2.02. The number of aromatic nitrogens is 2. The van der Waals surface area contributed by atoms with Gasteiger partial charge in [-0.15, -0.1) is 0 Å². The Labute approximate surface area is 115 Å². The van der Waals surface area contributed by atoms with Gasteiger partial charge in [-0.1, -0.05) is 11.6 Å². The van der Waals surface area contributed by atoms with E-state index in [2.05, 4.69) is 15.3 Å². The molecular formula is C13H12ClN3O2. The molecule has 98 valence electrons. The van der Waals surface area contributed by atoms with Gasteiger partial charge in [0.15, 0.2) is 0 Å². The van der Waals surface area contributed by atoms with Gasteiger partial charge in [0.25, 0.3) is 0 Å². The molecule has 0 saturated carbocycles. The molecule has 1 N–H and O–H groups in total. The van der Waals surface area contributed by atoms with Gasteiger partial charge in [0, 0.05) is 16.9 Å². The van der Waals surface area contributed by atoms with Gasteiger partial charge in [-0.25, -0.2) is 14.8 Å². The van der Waals surface area contributed by atoms with E-state index in [1.807, 2.05) is 12.1 Å². The average Bonchev–Trinajstić information content (AvgIpc) is 2.42. The Morgan fingerprint density at radius 1 is 1.32 bits per heavy atom. The summed E-state index contributed by atoms with van der Waals surface area (Å²) in [7, 11) is 0. The number of hydrogen-bond acceptors (Lipinski definition) is 5. The lowest BCUT2D eigenvalue weighted by atomic mass is 10.3. The Kier molecular flexibility index (Phi) is 4.30. The Hall–Kier alpha value is -2.14. The minimum Gasteiger partial charge on any atom is -0.460 e. The molecule has 0 unspecified atom stereocenters. The van der Waals surface area contributed by atoms with Crippen LogP contribution in [0.1, 0.15) is 17.5 Å². The van der Waals surface area contributed by atoms with Gasteiger partial charge in [-0.2, -0.15) is 0 Å². The van der Waals surface area contributed by atoms with E-state index in [0.717, 1.165) is 5.69 Å². The largest absolute Gasteiger partial charge is 0.460 e. The van der Waals surface area contributed by atoms with E-state index in [4.69, 9.17) is 16.3 Å². The summed E-state index contributed by atoms with van der Waals surface area (Å²) >= 11 is 5.80. The quantitative estimate of drug-likeness (QED) is 0.870. The van der Waals surface area contributed by atoms with Crippen LogP contribution in [0.25, 0.3) is 0 Å². The first-order valence-corrected chi connectivity index (χ1v) is 6.09. The van der Waals surface area contributed by atoms with Crippen molar-refractivity contribution in [1.82, 2.24) is 9.97 Å². The first-order valence-electron chi connectivity index (χ1n) is 5.72. The second kappa shape index (κ2) is 6.15. The fraction of sp³-hybridized carbons (Fsp3) is 0.154. The first kappa shape index (κ1) is 13.3. The molecule has 5 nitrogen and oxygen atoms in total. The molecule has 0 spiro atoms. The Morgan fingerprint density at radius 2 is 2.05 bits per heavy atom. The summed E-state index contributed by atoms with van der Waals surface area (Å²) in [5.74, 6) is 0.00319. The number of hydrogen-bond donors (Lipinski definition) is 1. The number of rotatable bonds is 4. The van der Waals surface area contributed by atoms with Crippen molar-refractivity contribution in [2.24, 2.45) is 0 Å². The van der Waals surface area contributed by atoms with Crippen LogP contribution in [0, 0.1) is 0 Å². The van der Waals surface area contributed by atoms with E-state index in [1.165, 1.54) is 6.20 Å². The number of carbonyl (C=O) groups is 1. The highest BCUT2D eigenvalue weighted by Crippen LogP contribution is 2.17. The number of nitrogens with zero attached hydrogens (tertiary/aromatic N) is 2. The Bertz CT molecular complexity index is 572. The molecule has 2 rings (SSSR count). The molecular weight excluding hydrogens is 266 g/mol. The smallest absolute Gasteiger partial charge is 0.376 e. The van der Waals surface area contributed by atoms with Gasteiger partial charge in [-0.05, 0) is 37.3 Å². The molecule has 0 bridgehead atoms. The summed E-state index contributed by atoms with van der Waals surface area (Å²) in [5, 5.41) is 3.70. The van der Waals surface area contributed by atoms with Crippen LogP contribution in [0.15, 0.2) is 36.5 Å². The highest BCUT2D eigenvalue weighted by molar-refractivity contribution is 6.30. The summed E-state index contributed by atoms with van der Waals surface area (Å²) < 4.78 is 4.84. The van der Waals surface area contributed by atoms with Gasteiger partial charge < -0.3 is 10.1 Å². The maximum atomic E-state index is 11.5. The van der Waals surface area contributed by atoms with Gasteiger partial charge in [0.2, 0.25) is 5.82 Å². The van der Waals surface area contributed by atoms with Crippen LogP contribution in [-0.4, -0.2) is 22.5 Å². The highest BCUT2D eigenvalue weighted by atomic mass is 35.5. The van der Waals surface area contributed by atoms with E-state index in [-0.39, 0.29) is 12.4 Å². The van der Waals surface area contributed by atoms with Crippen molar-refractivity contribution in [3.63, 3.8) is 0 Å². The van der Waals surface area contributed by atoms with Crippen molar-refractivity contribution in [3.8, 4) is 0 Å². The molecule has 1 aromatic carbocycles. The molecule has 0 amide bonds. The average molecular weight is 278 g/mol. The van der Waals surface area contributed by atoms with Crippen LogP contribution in [0.2, 0.25) is 5.02 Å². The summed E-state index contributed by atoms with van der Waals surface area (Å²) in [4.78, 5) is 19.4. The molecule has 0 aliphatic heterocycles. The van der Waals surface area contributed by atoms with Crippen molar-refractivity contribution in [1.29, 1.82) is 0 Å². The second-order valence-corrected chi connectivity index (χ2v) is 4.05. The predicted molar refractivity (Wildman–Crippen MR) is 72.7 cm³/mol. The van der Waals surface area contributed by atoms with Gasteiger partial charge in [-0.3, -0.25) is 0 Å². The summed E-state index contributed by atoms with van der Waals surface area (Å²) in [5.41, 5.74) is 0.818. The molecule has 1 aromatic heterocycles. The number of nitrogens with one attached hydrogen (secondary N) is 1. The van der Waals surface area contributed by atoms with Crippen LogP contribution < -0.4 is 5.32 Å². The number of halogens is 1. The molecule has 0 aliphatic rings. The molecule has 0 fully saturated rings. The van der Waals surface area contributed by atoms with Crippen LogP contribution in [0.3, 0.4) is 0 Å². The lowest BCUT2D eigenvalue weighted by Gasteiger charge is -2.06. The zero-order valence-corrected chi connectivity index (χ0v) is 11.0. The van der Waals surface area contributed by atoms with Crippen LogP contribution >= 0.6 is 11.6 Å². The van der Waals surface area contributed by atoms with Crippen molar-refractivity contribution in [2.45, 2.75) is 6.92 Å². The minimum absolute atomic E-state index is 0.0285. The molecule has 0 aliphatic carbocycles. The molecule has 2 aromatic rings. The zero-order valence-electron chi connectivity index (χ0n) is 10.3. The molecule has 6 heteroatoms. The normalized spacial score (nSPS) is 10.0. The Balaban J connectivity index is 2.15. The third-order valence-electron chi connectivity index (χ3n) is 2.23. The number of esters is 1. The summed E-state index contributed by atoms with van der Waals surface area (Å²) in [6, 6.07) is 8.81. The minimum atomic E-state index is -0.540. The van der Waals surface area contributed by atoms with Crippen LogP contribution in [0.4, 0.5) is 11.5 Å².